The molecule has 2 rings (SSSR count). The van der Waals surface area contributed by atoms with Crippen LogP contribution in [0.5, 0.6) is 0 Å². The summed E-state index contributed by atoms with van der Waals surface area (Å²) in [5.41, 5.74) is 7.69. The van der Waals surface area contributed by atoms with Crippen LogP contribution in [0, 0.1) is 13.8 Å². The average molecular weight is 177 g/mol. The van der Waals surface area contributed by atoms with E-state index in [1.54, 1.807) is 18.1 Å². The molecule has 13 heavy (non-hydrogen) atoms. The van der Waals surface area contributed by atoms with Gasteiger partial charge in [-0.25, -0.2) is 5.11 Å². The molecule has 1 radical (unpaired) electrons. The van der Waals surface area contributed by atoms with E-state index >= 15 is 0 Å². The fourth-order valence-electron chi connectivity index (χ4n) is 1.98. The summed E-state index contributed by atoms with van der Waals surface area (Å²) in [5.74, 6) is 0. The van der Waals surface area contributed by atoms with Crippen LogP contribution in [0.1, 0.15) is 30.5 Å². The molecule has 0 heterocycles. The second-order valence-electron chi connectivity index (χ2n) is 3.36. The molecule has 2 aliphatic carbocycles. The zero-order valence-corrected chi connectivity index (χ0v) is 8.90. The first kappa shape index (κ1) is 10.3. The molecule has 0 fully saturated rings. The Morgan fingerprint density at radius 2 is 1.77 bits per heavy atom. The van der Waals surface area contributed by atoms with Gasteiger partial charge in [0.1, 0.15) is 0 Å². The Morgan fingerprint density at radius 3 is 2.08 bits per heavy atom. The maximum atomic E-state index is 8.93. The van der Waals surface area contributed by atoms with E-state index < -0.39 is 0 Å². The number of hydrogen-bond acceptors (Lipinski definition) is 0. The van der Waals surface area contributed by atoms with Crippen LogP contribution in [0.15, 0.2) is 6.07 Å². The molecule has 2 aliphatic rings. The molecule has 0 saturated heterocycles. The first-order chi connectivity index (χ1) is 6.17. The second-order valence-corrected chi connectivity index (χ2v) is 3.36. The van der Waals surface area contributed by atoms with Crippen LogP contribution in [0.25, 0.3) is 11.1 Å². The first-order valence-electron chi connectivity index (χ1n) is 4.88. The molecule has 0 amide bonds. The number of hydrogen-bond donors (Lipinski definition) is 0. The van der Waals surface area contributed by atoms with Crippen LogP contribution in [0.2, 0.25) is 0 Å². The predicted octanol–water partition coefficient (Wildman–Crippen LogP) is 3.28. The third kappa shape index (κ3) is 1.49. The molecular weight excluding hydrogens is 160 g/mol. The van der Waals surface area contributed by atoms with Gasteiger partial charge in [-0.05, 0) is 55.0 Å². The Labute approximate surface area is 80.4 Å². The van der Waals surface area contributed by atoms with Crippen LogP contribution in [0.3, 0.4) is 0 Å². The molecule has 71 valence electrons. The highest BCUT2D eigenvalue weighted by atomic mass is 16.2. The summed E-state index contributed by atoms with van der Waals surface area (Å²) in [7, 11) is 0. The summed E-state index contributed by atoms with van der Waals surface area (Å²) in [4.78, 5) is 0. The van der Waals surface area contributed by atoms with Crippen molar-refractivity contribution in [2.45, 2.75) is 34.1 Å². The van der Waals surface area contributed by atoms with Gasteiger partial charge in [0.05, 0.1) is 6.61 Å². The van der Waals surface area contributed by atoms with Gasteiger partial charge in [0, 0.05) is 0 Å². The van der Waals surface area contributed by atoms with Crippen molar-refractivity contribution < 1.29 is 5.11 Å². The Balaban J connectivity index is 0.000000251. The summed E-state index contributed by atoms with van der Waals surface area (Å²) < 4.78 is 0. The van der Waals surface area contributed by atoms with Gasteiger partial charge in [0.2, 0.25) is 0 Å². The van der Waals surface area contributed by atoms with Crippen molar-refractivity contribution in [2.24, 2.45) is 0 Å². The van der Waals surface area contributed by atoms with Gasteiger partial charge >= 0.3 is 0 Å². The van der Waals surface area contributed by atoms with E-state index in [-0.39, 0.29) is 6.61 Å². The summed E-state index contributed by atoms with van der Waals surface area (Å²) in [6.07, 6.45) is 1.20. The molecule has 1 nitrogen and oxygen atoms in total. The molecule has 0 bridgehead atoms. The standard InChI is InChI=1S/C10H12.C2H5O/c1-4-8-7(3)10-6(2)5-9(8)10;1-2-3/h5H,4H2,1-3H3;2H2,1H3. The lowest BCUT2D eigenvalue weighted by molar-refractivity contribution is 0.212. The van der Waals surface area contributed by atoms with Gasteiger partial charge in [-0.2, -0.15) is 0 Å². The average Bonchev–Trinajstić information content (AvgIpc) is 2.04. The van der Waals surface area contributed by atoms with Crippen molar-refractivity contribution in [2.75, 3.05) is 6.61 Å². The SMILES string of the molecule is CC[O].CCc1c2cc(C)c-2c1C. The van der Waals surface area contributed by atoms with Gasteiger partial charge < -0.3 is 0 Å². The smallest absolute Gasteiger partial charge is 0.0794 e. The van der Waals surface area contributed by atoms with Crippen LogP contribution >= 0.6 is 0 Å². The lowest BCUT2D eigenvalue weighted by Crippen LogP contribution is -2.08. The molecule has 0 unspecified atom stereocenters. The third-order valence-corrected chi connectivity index (χ3v) is 2.53. The van der Waals surface area contributed by atoms with Crippen LogP contribution in [-0.2, 0) is 11.5 Å². The molecule has 0 aromatic rings. The molecule has 0 aromatic carbocycles. The summed E-state index contributed by atoms with van der Waals surface area (Å²) in [6, 6.07) is 2.29. The number of fused-ring (bicyclic) bond motifs is 1. The number of benzene rings is 1. The largest absolute Gasteiger partial charge is 0.237 e. The minimum absolute atomic E-state index is 0. The fourth-order valence-corrected chi connectivity index (χ4v) is 1.98. The summed E-state index contributed by atoms with van der Waals surface area (Å²) in [6.45, 7) is 8.22. The van der Waals surface area contributed by atoms with Crippen molar-refractivity contribution in [3.63, 3.8) is 0 Å². The van der Waals surface area contributed by atoms with Crippen molar-refractivity contribution in [3.05, 3.63) is 22.8 Å². The highest BCUT2D eigenvalue weighted by molar-refractivity contribution is 5.89. The summed E-state index contributed by atoms with van der Waals surface area (Å²) >= 11 is 0. The van der Waals surface area contributed by atoms with E-state index in [1.165, 1.54) is 23.1 Å². The zero-order valence-electron chi connectivity index (χ0n) is 8.90. The Bertz CT molecular complexity index is 313. The number of aryl methyl sites for hydroxylation is 1. The zero-order chi connectivity index (χ0) is 10.0. The number of rotatable bonds is 1. The molecule has 0 aliphatic heterocycles. The normalized spacial score (nSPS) is 10.5. The van der Waals surface area contributed by atoms with E-state index in [9.17, 15) is 0 Å². The quantitative estimate of drug-likeness (QED) is 0.637. The predicted molar refractivity (Wildman–Crippen MR) is 55.5 cm³/mol. The minimum Gasteiger partial charge on any atom is -0.237 e. The lowest BCUT2D eigenvalue weighted by atomic mass is 9.75. The van der Waals surface area contributed by atoms with Crippen molar-refractivity contribution in [1.29, 1.82) is 0 Å². The Hall–Kier alpha value is -0.820. The molecule has 1 heteroatoms. The van der Waals surface area contributed by atoms with Gasteiger partial charge in [0.25, 0.3) is 0 Å². The molecule has 0 atom stereocenters. The highest BCUT2D eigenvalue weighted by Gasteiger charge is 2.24. The maximum Gasteiger partial charge on any atom is 0.0794 e. The molecule has 0 N–H and O–H groups in total. The highest BCUT2D eigenvalue weighted by Crippen LogP contribution is 2.45. The van der Waals surface area contributed by atoms with Crippen molar-refractivity contribution in [1.82, 2.24) is 0 Å². The molecule has 0 aromatic heterocycles. The van der Waals surface area contributed by atoms with E-state index in [1.807, 2.05) is 0 Å². The van der Waals surface area contributed by atoms with Gasteiger partial charge in [0.15, 0.2) is 0 Å². The van der Waals surface area contributed by atoms with Crippen molar-refractivity contribution >= 4 is 0 Å². The Morgan fingerprint density at radius 1 is 1.23 bits per heavy atom. The van der Waals surface area contributed by atoms with Gasteiger partial charge in [-0.1, -0.05) is 13.0 Å². The third-order valence-electron chi connectivity index (χ3n) is 2.53. The maximum absolute atomic E-state index is 8.93. The molecule has 0 spiro atoms. The minimum atomic E-state index is 0. The summed E-state index contributed by atoms with van der Waals surface area (Å²) in [5, 5.41) is 8.93. The van der Waals surface area contributed by atoms with Crippen molar-refractivity contribution in [3.8, 4) is 11.1 Å². The molecule has 0 saturated carbocycles. The van der Waals surface area contributed by atoms with Gasteiger partial charge in [-0.3, -0.25) is 0 Å². The lowest BCUT2D eigenvalue weighted by Gasteiger charge is -2.29. The van der Waals surface area contributed by atoms with E-state index in [4.69, 9.17) is 5.11 Å². The van der Waals surface area contributed by atoms with E-state index in [0.29, 0.717) is 0 Å². The van der Waals surface area contributed by atoms with E-state index in [0.717, 1.165) is 0 Å². The topological polar surface area (TPSA) is 19.9 Å². The fraction of sp³-hybridized carbons (Fsp3) is 0.500. The van der Waals surface area contributed by atoms with Crippen LogP contribution in [-0.4, -0.2) is 6.61 Å². The van der Waals surface area contributed by atoms with Crippen LogP contribution in [0.4, 0.5) is 0 Å². The first-order valence-corrected chi connectivity index (χ1v) is 4.88. The second kappa shape index (κ2) is 3.93. The Kier molecular flexibility index (Phi) is 3.10. The molecular formula is C12H17O. The monoisotopic (exact) mass is 177 g/mol. The van der Waals surface area contributed by atoms with E-state index in [2.05, 4.69) is 26.8 Å². The van der Waals surface area contributed by atoms with Gasteiger partial charge in [-0.15, -0.1) is 0 Å². The van der Waals surface area contributed by atoms with Crippen LogP contribution < -0.4 is 0 Å².